The van der Waals surface area contributed by atoms with Crippen LogP contribution >= 0.6 is 0 Å². The second-order valence-corrected chi connectivity index (χ2v) is 3.29. The molecule has 1 unspecified atom stereocenters. The lowest BCUT2D eigenvalue weighted by atomic mass is 10.2. The Morgan fingerprint density at radius 3 is 2.85 bits per heavy atom. The van der Waals surface area contributed by atoms with E-state index in [0.717, 1.165) is 12.2 Å². The van der Waals surface area contributed by atoms with E-state index >= 15 is 0 Å². The molecule has 72 valence electrons. The number of ether oxygens (including phenoxy) is 1. The van der Waals surface area contributed by atoms with E-state index in [1.54, 1.807) is 0 Å². The summed E-state index contributed by atoms with van der Waals surface area (Å²) >= 11 is 0. The van der Waals surface area contributed by atoms with Gasteiger partial charge in [0.05, 0.1) is 0 Å². The van der Waals surface area contributed by atoms with Gasteiger partial charge in [-0.25, -0.2) is 0 Å². The lowest BCUT2D eigenvalue weighted by Gasteiger charge is -2.09. The van der Waals surface area contributed by atoms with E-state index in [4.69, 9.17) is 10.5 Å². The van der Waals surface area contributed by atoms with E-state index in [1.807, 2.05) is 19.1 Å². The van der Waals surface area contributed by atoms with Crippen LogP contribution in [0.25, 0.3) is 0 Å². The van der Waals surface area contributed by atoms with Crippen molar-refractivity contribution in [3.8, 4) is 5.75 Å². The van der Waals surface area contributed by atoms with Gasteiger partial charge in [-0.05, 0) is 31.0 Å². The molecule has 1 aromatic carbocycles. The Balaban J connectivity index is 2.56. The molecule has 13 heavy (non-hydrogen) atoms. The summed E-state index contributed by atoms with van der Waals surface area (Å²) in [6.45, 7) is 4.64. The molecule has 0 aromatic heterocycles. The van der Waals surface area contributed by atoms with Crippen LogP contribution in [-0.2, 0) is 6.42 Å². The van der Waals surface area contributed by atoms with Gasteiger partial charge in [-0.1, -0.05) is 19.1 Å². The Bertz CT molecular complexity index is 258. The van der Waals surface area contributed by atoms with E-state index in [0.29, 0.717) is 6.61 Å². The SMILES string of the molecule is CCc1cccc(OCC(C)N)c1. The van der Waals surface area contributed by atoms with Crippen LogP contribution in [0.15, 0.2) is 24.3 Å². The summed E-state index contributed by atoms with van der Waals surface area (Å²) in [5.41, 5.74) is 6.88. The van der Waals surface area contributed by atoms with Gasteiger partial charge in [0.15, 0.2) is 0 Å². The third-order valence-electron chi connectivity index (χ3n) is 1.82. The third kappa shape index (κ3) is 3.47. The average molecular weight is 179 g/mol. The maximum Gasteiger partial charge on any atom is 0.119 e. The lowest BCUT2D eigenvalue weighted by molar-refractivity contribution is 0.296. The molecule has 1 aromatic rings. The molecule has 2 nitrogen and oxygen atoms in total. The van der Waals surface area contributed by atoms with Crippen LogP contribution < -0.4 is 10.5 Å². The number of benzene rings is 1. The first-order valence-corrected chi connectivity index (χ1v) is 4.69. The van der Waals surface area contributed by atoms with Crippen molar-refractivity contribution in [3.05, 3.63) is 29.8 Å². The molecule has 0 saturated carbocycles. The minimum absolute atomic E-state index is 0.0882. The zero-order chi connectivity index (χ0) is 9.68. The van der Waals surface area contributed by atoms with Gasteiger partial charge in [-0.3, -0.25) is 0 Å². The fourth-order valence-corrected chi connectivity index (χ4v) is 1.08. The summed E-state index contributed by atoms with van der Waals surface area (Å²) in [6, 6.07) is 8.21. The summed E-state index contributed by atoms with van der Waals surface area (Å²) in [4.78, 5) is 0. The average Bonchev–Trinajstić information content (AvgIpc) is 2.15. The lowest BCUT2D eigenvalue weighted by Crippen LogP contribution is -2.23. The monoisotopic (exact) mass is 179 g/mol. The van der Waals surface area contributed by atoms with E-state index in [1.165, 1.54) is 5.56 Å². The Morgan fingerprint density at radius 2 is 2.23 bits per heavy atom. The quantitative estimate of drug-likeness (QED) is 0.767. The van der Waals surface area contributed by atoms with E-state index in [-0.39, 0.29) is 6.04 Å². The molecule has 0 amide bonds. The fraction of sp³-hybridized carbons (Fsp3) is 0.455. The minimum Gasteiger partial charge on any atom is -0.492 e. The van der Waals surface area contributed by atoms with Crippen LogP contribution in [0.3, 0.4) is 0 Å². The molecule has 1 atom stereocenters. The van der Waals surface area contributed by atoms with Crippen LogP contribution in [0.4, 0.5) is 0 Å². The van der Waals surface area contributed by atoms with Crippen molar-refractivity contribution in [2.45, 2.75) is 26.3 Å². The van der Waals surface area contributed by atoms with Gasteiger partial charge in [0.1, 0.15) is 12.4 Å². The first-order valence-electron chi connectivity index (χ1n) is 4.69. The number of nitrogens with two attached hydrogens (primary N) is 1. The van der Waals surface area contributed by atoms with Gasteiger partial charge in [-0.15, -0.1) is 0 Å². The summed E-state index contributed by atoms with van der Waals surface area (Å²) in [5, 5.41) is 0. The Kier molecular flexibility index (Phi) is 3.77. The molecule has 0 aliphatic heterocycles. The molecule has 0 heterocycles. The Hall–Kier alpha value is -1.02. The highest BCUT2D eigenvalue weighted by molar-refractivity contribution is 5.28. The Labute approximate surface area is 79.7 Å². The van der Waals surface area contributed by atoms with Crippen molar-refractivity contribution in [2.75, 3.05) is 6.61 Å². The zero-order valence-corrected chi connectivity index (χ0v) is 8.29. The number of aryl methyl sites for hydroxylation is 1. The molecule has 0 radical (unpaired) electrons. The molecule has 0 aliphatic carbocycles. The first kappa shape index (κ1) is 10.1. The summed E-state index contributed by atoms with van der Waals surface area (Å²) < 4.78 is 5.48. The molecule has 0 bridgehead atoms. The molecule has 0 aliphatic rings. The second-order valence-electron chi connectivity index (χ2n) is 3.29. The smallest absolute Gasteiger partial charge is 0.119 e. The summed E-state index contributed by atoms with van der Waals surface area (Å²) in [7, 11) is 0. The molecular weight excluding hydrogens is 162 g/mol. The topological polar surface area (TPSA) is 35.2 Å². The van der Waals surface area contributed by atoms with Crippen LogP contribution in [0.2, 0.25) is 0 Å². The number of hydrogen-bond donors (Lipinski definition) is 1. The van der Waals surface area contributed by atoms with E-state index in [9.17, 15) is 0 Å². The summed E-state index contributed by atoms with van der Waals surface area (Å²) in [6.07, 6.45) is 1.04. The number of rotatable bonds is 4. The molecular formula is C11H17NO. The highest BCUT2D eigenvalue weighted by Crippen LogP contribution is 2.13. The molecule has 2 N–H and O–H groups in total. The molecule has 0 spiro atoms. The van der Waals surface area contributed by atoms with Crippen molar-refractivity contribution < 1.29 is 4.74 Å². The van der Waals surface area contributed by atoms with Crippen molar-refractivity contribution in [1.29, 1.82) is 0 Å². The molecule has 1 rings (SSSR count). The predicted molar refractivity (Wildman–Crippen MR) is 55.0 cm³/mol. The molecule has 2 heteroatoms. The maximum atomic E-state index is 5.59. The molecule has 0 saturated heterocycles. The van der Waals surface area contributed by atoms with Gasteiger partial charge in [0.2, 0.25) is 0 Å². The highest BCUT2D eigenvalue weighted by atomic mass is 16.5. The van der Waals surface area contributed by atoms with Gasteiger partial charge in [-0.2, -0.15) is 0 Å². The third-order valence-corrected chi connectivity index (χ3v) is 1.82. The fourth-order valence-electron chi connectivity index (χ4n) is 1.08. The van der Waals surface area contributed by atoms with Gasteiger partial charge in [0, 0.05) is 6.04 Å². The van der Waals surface area contributed by atoms with Crippen LogP contribution in [0.5, 0.6) is 5.75 Å². The molecule has 0 fully saturated rings. The van der Waals surface area contributed by atoms with E-state index in [2.05, 4.69) is 19.1 Å². The van der Waals surface area contributed by atoms with Crippen LogP contribution in [0, 0.1) is 0 Å². The van der Waals surface area contributed by atoms with Gasteiger partial charge in [0.25, 0.3) is 0 Å². The van der Waals surface area contributed by atoms with Crippen molar-refractivity contribution in [3.63, 3.8) is 0 Å². The standard InChI is InChI=1S/C11H17NO/c1-3-10-5-4-6-11(7-10)13-8-9(2)12/h4-7,9H,3,8,12H2,1-2H3. The van der Waals surface area contributed by atoms with Crippen molar-refractivity contribution >= 4 is 0 Å². The van der Waals surface area contributed by atoms with Crippen molar-refractivity contribution in [1.82, 2.24) is 0 Å². The van der Waals surface area contributed by atoms with Crippen molar-refractivity contribution in [2.24, 2.45) is 5.73 Å². The minimum atomic E-state index is 0.0882. The van der Waals surface area contributed by atoms with Gasteiger partial charge < -0.3 is 10.5 Å². The normalized spacial score (nSPS) is 12.5. The summed E-state index contributed by atoms with van der Waals surface area (Å²) in [5.74, 6) is 0.914. The predicted octanol–water partition coefficient (Wildman–Crippen LogP) is 1.98. The van der Waals surface area contributed by atoms with Crippen LogP contribution in [-0.4, -0.2) is 12.6 Å². The van der Waals surface area contributed by atoms with Crippen LogP contribution in [0.1, 0.15) is 19.4 Å². The first-order chi connectivity index (χ1) is 6.22. The second kappa shape index (κ2) is 4.87. The Morgan fingerprint density at radius 1 is 1.46 bits per heavy atom. The zero-order valence-electron chi connectivity index (χ0n) is 8.29. The number of hydrogen-bond acceptors (Lipinski definition) is 2. The highest BCUT2D eigenvalue weighted by Gasteiger charge is 1.97. The van der Waals surface area contributed by atoms with Gasteiger partial charge >= 0.3 is 0 Å². The maximum absolute atomic E-state index is 5.59. The largest absolute Gasteiger partial charge is 0.492 e. The van der Waals surface area contributed by atoms with E-state index < -0.39 is 0 Å².